The molecule has 1 aliphatic heterocycles. The number of anilines is 1. The number of rotatable bonds is 3. The molecule has 3 rings (SSSR count). The van der Waals surface area contributed by atoms with Gasteiger partial charge in [0.05, 0.1) is 0 Å². The number of alkyl halides is 2. The van der Waals surface area contributed by atoms with Crippen LogP contribution >= 0.6 is 0 Å². The van der Waals surface area contributed by atoms with Gasteiger partial charge < -0.3 is 10.2 Å². The number of nitrogens with one attached hydrogen (secondary N) is 1. The lowest BCUT2D eigenvalue weighted by atomic mass is 10.2. The quantitative estimate of drug-likeness (QED) is 0.944. The van der Waals surface area contributed by atoms with E-state index in [1.54, 1.807) is 10.9 Å². The summed E-state index contributed by atoms with van der Waals surface area (Å²) < 4.78 is 28.4. The van der Waals surface area contributed by atoms with Crippen LogP contribution in [0.25, 0.3) is 11.0 Å². The number of aromatic nitrogens is 3. The fraction of sp³-hybridized carbons (Fsp3) is 0.571. The van der Waals surface area contributed by atoms with E-state index in [4.69, 9.17) is 0 Å². The van der Waals surface area contributed by atoms with Gasteiger partial charge >= 0.3 is 0 Å². The summed E-state index contributed by atoms with van der Waals surface area (Å²) in [5.74, 6) is 0.591. The molecule has 0 saturated carbocycles. The van der Waals surface area contributed by atoms with Crippen molar-refractivity contribution in [2.24, 2.45) is 0 Å². The smallest absolute Gasteiger partial charge is 0.264 e. The first kappa shape index (κ1) is 14.2. The highest BCUT2D eigenvalue weighted by molar-refractivity contribution is 5.81. The summed E-state index contributed by atoms with van der Waals surface area (Å²) in [7, 11) is 0. The van der Waals surface area contributed by atoms with E-state index in [0.717, 1.165) is 26.2 Å². The zero-order valence-corrected chi connectivity index (χ0v) is 12.2. The number of hydrogen-bond acceptors (Lipinski definition) is 4. The lowest BCUT2D eigenvalue weighted by Gasteiger charge is -2.28. The normalized spacial score (nSPS) is 16.4. The molecule has 21 heavy (non-hydrogen) atoms. The fourth-order valence-corrected chi connectivity index (χ4v) is 2.53. The molecule has 0 aliphatic carbocycles. The molecule has 0 amide bonds. The van der Waals surface area contributed by atoms with E-state index < -0.39 is 6.43 Å². The van der Waals surface area contributed by atoms with Gasteiger partial charge in [-0.3, -0.25) is 4.68 Å². The SMILES string of the molecule is CC(C)n1cc2c(C(F)F)cc(N3CCNCC3)nc2n1. The van der Waals surface area contributed by atoms with Crippen LogP contribution in [0.15, 0.2) is 12.3 Å². The Morgan fingerprint density at radius 1 is 1.24 bits per heavy atom. The first-order chi connectivity index (χ1) is 10.1. The van der Waals surface area contributed by atoms with Crippen molar-refractivity contribution in [2.75, 3.05) is 31.1 Å². The van der Waals surface area contributed by atoms with E-state index in [-0.39, 0.29) is 11.6 Å². The zero-order valence-electron chi connectivity index (χ0n) is 12.2. The highest BCUT2D eigenvalue weighted by Gasteiger charge is 2.20. The summed E-state index contributed by atoms with van der Waals surface area (Å²) in [5.41, 5.74) is 0.412. The third-order valence-corrected chi connectivity index (χ3v) is 3.73. The second-order valence-electron chi connectivity index (χ2n) is 5.55. The molecule has 0 bridgehead atoms. The third kappa shape index (κ3) is 2.70. The predicted molar refractivity (Wildman–Crippen MR) is 78.0 cm³/mol. The van der Waals surface area contributed by atoms with E-state index in [0.29, 0.717) is 16.9 Å². The Morgan fingerprint density at radius 3 is 2.57 bits per heavy atom. The Bertz CT molecular complexity index is 632. The molecule has 1 aliphatic rings. The Labute approximate surface area is 121 Å². The van der Waals surface area contributed by atoms with E-state index in [9.17, 15) is 8.78 Å². The Morgan fingerprint density at radius 2 is 1.95 bits per heavy atom. The minimum absolute atomic E-state index is 0.0143. The number of pyridine rings is 1. The van der Waals surface area contributed by atoms with Crippen molar-refractivity contribution in [1.29, 1.82) is 0 Å². The molecule has 5 nitrogen and oxygen atoms in total. The summed E-state index contributed by atoms with van der Waals surface area (Å²) in [5, 5.41) is 8.02. The van der Waals surface area contributed by atoms with Crippen LogP contribution in [-0.2, 0) is 0 Å². The molecule has 2 aromatic heterocycles. The van der Waals surface area contributed by atoms with Crippen LogP contribution in [0, 0.1) is 0 Å². The van der Waals surface area contributed by atoms with Crippen molar-refractivity contribution >= 4 is 16.9 Å². The molecule has 0 aromatic carbocycles. The van der Waals surface area contributed by atoms with E-state index in [1.165, 1.54) is 6.07 Å². The van der Waals surface area contributed by atoms with Crippen molar-refractivity contribution < 1.29 is 8.78 Å². The number of halogens is 2. The lowest BCUT2D eigenvalue weighted by molar-refractivity contribution is 0.153. The van der Waals surface area contributed by atoms with Crippen LogP contribution in [0.2, 0.25) is 0 Å². The van der Waals surface area contributed by atoms with Crippen LogP contribution in [-0.4, -0.2) is 40.9 Å². The Kier molecular flexibility index (Phi) is 3.75. The summed E-state index contributed by atoms with van der Waals surface area (Å²) in [6, 6.07) is 1.62. The van der Waals surface area contributed by atoms with Crippen molar-refractivity contribution in [1.82, 2.24) is 20.1 Å². The summed E-state index contributed by atoms with van der Waals surface area (Å²) in [6.45, 7) is 7.14. The van der Waals surface area contributed by atoms with Gasteiger partial charge in [-0.25, -0.2) is 13.8 Å². The maximum atomic E-state index is 13.4. The van der Waals surface area contributed by atoms with Gasteiger partial charge in [0.2, 0.25) is 0 Å². The van der Waals surface area contributed by atoms with E-state index in [1.807, 2.05) is 18.7 Å². The van der Waals surface area contributed by atoms with Crippen molar-refractivity contribution in [2.45, 2.75) is 26.3 Å². The molecule has 0 unspecified atom stereocenters. The average molecular weight is 295 g/mol. The highest BCUT2D eigenvalue weighted by Crippen LogP contribution is 2.30. The minimum Gasteiger partial charge on any atom is -0.354 e. The Balaban J connectivity index is 2.09. The molecule has 1 N–H and O–H groups in total. The van der Waals surface area contributed by atoms with Crippen LogP contribution in [0.4, 0.5) is 14.6 Å². The molecule has 1 saturated heterocycles. The predicted octanol–water partition coefficient (Wildman–Crippen LogP) is 2.36. The topological polar surface area (TPSA) is 46.0 Å². The van der Waals surface area contributed by atoms with E-state index in [2.05, 4.69) is 15.4 Å². The van der Waals surface area contributed by atoms with Gasteiger partial charge in [0, 0.05) is 49.4 Å². The van der Waals surface area contributed by atoms with Crippen LogP contribution in [0.1, 0.15) is 31.9 Å². The maximum absolute atomic E-state index is 13.4. The van der Waals surface area contributed by atoms with Crippen LogP contribution < -0.4 is 10.2 Å². The molecule has 0 radical (unpaired) electrons. The molecule has 0 atom stereocenters. The molecule has 3 heterocycles. The Hall–Kier alpha value is -1.76. The number of fused-ring (bicyclic) bond motifs is 1. The third-order valence-electron chi connectivity index (χ3n) is 3.73. The van der Waals surface area contributed by atoms with Crippen molar-refractivity contribution in [3.8, 4) is 0 Å². The summed E-state index contributed by atoms with van der Waals surface area (Å²) >= 11 is 0. The highest BCUT2D eigenvalue weighted by atomic mass is 19.3. The lowest BCUT2D eigenvalue weighted by Crippen LogP contribution is -2.43. The molecular formula is C14H19F2N5. The van der Waals surface area contributed by atoms with Gasteiger partial charge in [-0.1, -0.05) is 0 Å². The molecule has 7 heteroatoms. The summed E-state index contributed by atoms with van der Waals surface area (Å²) in [6.07, 6.45) is -0.863. The van der Waals surface area contributed by atoms with Gasteiger partial charge in [0.25, 0.3) is 6.43 Å². The number of hydrogen-bond donors (Lipinski definition) is 1. The van der Waals surface area contributed by atoms with Crippen LogP contribution in [0.5, 0.6) is 0 Å². The first-order valence-electron chi connectivity index (χ1n) is 7.20. The fourth-order valence-electron chi connectivity index (χ4n) is 2.53. The maximum Gasteiger partial charge on any atom is 0.264 e. The monoisotopic (exact) mass is 295 g/mol. The summed E-state index contributed by atoms with van der Waals surface area (Å²) in [4.78, 5) is 6.50. The minimum atomic E-state index is -2.53. The average Bonchev–Trinajstić information content (AvgIpc) is 2.91. The van der Waals surface area contributed by atoms with Gasteiger partial charge in [-0.05, 0) is 19.9 Å². The van der Waals surface area contributed by atoms with Gasteiger partial charge in [-0.15, -0.1) is 0 Å². The van der Waals surface area contributed by atoms with Crippen LogP contribution in [0.3, 0.4) is 0 Å². The number of piperazine rings is 1. The second kappa shape index (κ2) is 5.55. The molecule has 0 spiro atoms. The van der Waals surface area contributed by atoms with Gasteiger partial charge in [-0.2, -0.15) is 5.10 Å². The largest absolute Gasteiger partial charge is 0.354 e. The zero-order chi connectivity index (χ0) is 15.0. The standard InChI is InChI=1S/C14H19F2N5/c1-9(2)21-8-11-10(13(15)16)7-12(18-14(11)19-21)20-5-3-17-4-6-20/h7-9,13,17H,3-6H2,1-2H3. The first-order valence-corrected chi connectivity index (χ1v) is 7.20. The van der Waals surface area contributed by atoms with Crippen molar-refractivity contribution in [3.05, 3.63) is 17.8 Å². The molecule has 1 fully saturated rings. The molecule has 114 valence electrons. The van der Waals surface area contributed by atoms with Gasteiger partial charge in [0.15, 0.2) is 5.65 Å². The second-order valence-corrected chi connectivity index (χ2v) is 5.55. The van der Waals surface area contributed by atoms with Crippen molar-refractivity contribution in [3.63, 3.8) is 0 Å². The van der Waals surface area contributed by atoms with Gasteiger partial charge in [0.1, 0.15) is 5.82 Å². The molecular weight excluding hydrogens is 276 g/mol. The molecule has 2 aromatic rings. The van der Waals surface area contributed by atoms with E-state index >= 15 is 0 Å². The number of nitrogens with zero attached hydrogens (tertiary/aromatic N) is 4.